The maximum absolute atomic E-state index is 12.6. The molecule has 0 atom stereocenters. The average molecular weight is 331 g/mol. The Kier molecular flexibility index (Phi) is 5.21. The number of benzene rings is 1. The Bertz CT molecular complexity index is 686. The van der Waals surface area contributed by atoms with Gasteiger partial charge in [0, 0.05) is 12.6 Å². The Morgan fingerprint density at radius 1 is 1.13 bits per heavy atom. The van der Waals surface area contributed by atoms with E-state index < -0.39 is 11.6 Å². The summed E-state index contributed by atoms with van der Waals surface area (Å²) in [5.74, 6) is -0.587. The van der Waals surface area contributed by atoms with Crippen molar-refractivity contribution >= 4 is 23.2 Å². The number of ether oxygens (including phenoxy) is 1. The summed E-state index contributed by atoms with van der Waals surface area (Å²) < 4.78 is 5.26. The molecule has 5 heteroatoms. The van der Waals surface area contributed by atoms with Gasteiger partial charge in [0.25, 0.3) is 5.91 Å². The highest BCUT2D eigenvalue weighted by atomic mass is 32.1. The van der Waals surface area contributed by atoms with Gasteiger partial charge in [-0.3, -0.25) is 9.59 Å². The van der Waals surface area contributed by atoms with Gasteiger partial charge in [-0.05, 0) is 37.8 Å². The molecule has 0 aliphatic carbocycles. The van der Waals surface area contributed by atoms with Crippen molar-refractivity contribution in [2.45, 2.75) is 26.4 Å². The van der Waals surface area contributed by atoms with E-state index in [1.165, 1.54) is 16.2 Å². The minimum atomic E-state index is -0.556. The summed E-state index contributed by atoms with van der Waals surface area (Å²) in [6.45, 7) is 5.35. The molecular formula is C18H21NO3S. The number of thiophene rings is 1. The summed E-state index contributed by atoms with van der Waals surface area (Å²) in [7, 11) is 1.61. The lowest BCUT2D eigenvalue weighted by atomic mass is 10.1. The van der Waals surface area contributed by atoms with Crippen LogP contribution in [0.2, 0.25) is 0 Å². The minimum absolute atomic E-state index is 0.0672. The van der Waals surface area contributed by atoms with Crippen LogP contribution in [0.4, 0.5) is 0 Å². The van der Waals surface area contributed by atoms with Crippen molar-refractivity contribution in [2.75, 3.05) is 13.6 Å². The molecule has 2 rings (SSSR count). The van der Waals surface area contributed by atoms with E-state index in [0.29, 0.717) is 4.88 Å². The van der Waals surface area contributed by atoms with Gasteiger partial charge in [0.15, 0.2) is 0 Å². The van der Waals surface area contributed by atoms with Gasteiger partial charge in [-0.2, -0.15) is 0 Å². The number of amides is 1. The molecule has 0 radical (unpaired) electrons. The largest absolute Gasteiger partial charge is 0.459 e. The second-order valence-electron chi connectivity index (χ2n) is 6.28. The monoisotopic (exact) mass is 331 g/mol. The molecule has 4 nitrogen and oxygen atoms in total. The second-order valence-corrected chi connectivity index (χ2v) is 7.19. The SMILES string of the molecule is CN(CC(=O)OC(C)(C)C)C(=O)c1sccc1-c1ccccc1. The first-order valence-corrected chi connectivity index (χ1v) is 8.26. The lowest BCUT2D eigenvalue weighted by Gasteiger charge is -2.22. The van der Waals surface area contributed by atoms with E-state index >= 15 is 0 Å². The fraction of sp³-hybridized carbons (Fsp3) is 0.333. The first kappa shape index (κ1) is 17.2. The smallest absolute Gasteiger partial charge is 0.326 e. The molecule has 1 amide bonds. The van der Waals surface area contributed by atoms with Gasteiger partial charge < -0.3 is 9.64 Å². The van der Waals surface area contributed by atoms with Crippen LogP contribution in [0.3, 0.4) is 0 Å². The maximum atomic E-state index is 12.6. The van der Waals surface area contributed by atoms with E-state index in [4.69, 9.17) is 4.74 Å². The molecule has 2 aromatic rings. The van der Waals surface area contributed by atoms with Gasteiger partial charge in [-0.1, -0.05) is 30.3 Å². The number of carbonyl (C=O) groups is 2. The summed E-state index contributed by atoms with van der Waals surface area (Å²) in [6.07, 6.45) is 0. The highest BCUT2D eigenvalue weighted by molar-refractivity contribution is 7.12. The number of esters is 1. The van der Waals surface area contributed by atoms with Crippen LogP contribution < -0.4 is 0 Å². The molecule has 0 fully saturated rings. The molecular weight excluding hydrogens is 310 g/mol. The van der Waals surface area contributed by atoms with Gasteiger partial charge in [-0.15, -0.1) is 11.3 Å². The molecule has 0 spiro atoms. The summed E-state index contributed by atoms with van der Waals surface area (Å²) in [6, 6.07) is 11.7. The van der Waals surface area contributed by atoms with Crippen molar-refractivity contribution in [1.29, 1.82) is 0 Å². The van der Waals surface area contributed by atoms with Crippen LogP contribution in [0.1, 0.15) is 30.4 Å². The fourth-order valence-electron chi connectivity index (χ4n) is 2.13. The third kappa shape index (κ3) is 4.66. The van der Waals surface area contributed by atoms with Crippen molar-refractivity contribution in [3.8, 4) is 11.1 Å². The Hall–Kier alpha value is -2.14. The van der Waals surface area contributed by atoms with Crippen molar-refractivity contribution in [3.05, 3.63) is 46.7 Å². The summed E-state index contributed by atoms with van der Waals surface area (Å²) in [5.41, 5.74) is 1.32. The summed E-state index contributed by atoms with van der Waals surface area (Å²) >= 11 is 1.38. The van der Waals surface area contributed by atoms with Crippen molar-refractivity contribution in [3.63, 3.8) is 0 Å². The molecule has 0 unspecified atom stereocenters. The van der Waals surface area contributed by atoms with Crippen LogP contribution in [0.25, 0.3) is 11.1 Å². The zero-order chi connectivity index (χ0) is 17.0. The zero-order valence-corrected chi connectivity index (χ0v) is 14.6. The molecule has 1 heterocycles. The zero-order valence-electron chi connectivity index (χ0n) is 13.8. The molecule has 122 valence electrons. The van der Waals surface area contributed by atoms with Crippen LogP contribution in [-0.4, -0.2) is 36.0 Å². The van der Waals surface area contributed by atoms with Gasteiger partial charge in [0.05, 0.1) is 4.88 Å². The van der Waals surface area contributed by atoms with Crippen LogP contribution in [0, 0.1) is 0 Å². The van der Waals surface area contributed by atoms with E-state index in [-0.39, 0.29) is 12.5 Å². The van der Waals surface area contributed by atoms with Gasteiger partial charge >= 0.3 is 5.97 Å². The standard InChI is InChI=1S/C18H21NO3S/c1-18(2,3)22-15(20)12-19(4)17(21)16-14(10-11-23-16)13-8-6-5-7-9-13/h5-11H,12H2,1-4H3. The highest BCUT2D eigenvalue weighted by Gasteiger charge is 2.23. The lowest BCUT2D eigenvalue weighted by molar-refractivity contribution is -0.155. The van der Waals surface area contributed by atoms with Crippen LogP contribution >= 0.6 is 11.3 Å². The Morgan fingerprint density at radius 3 is 2.39 bits per heavy atom. The third-order valence-corrected chi connectivity index (χ3v) is 3.98. The second kappa shape index (κ2) is 6.96. The minimum Gasteiger partial charge on any atom is -0.459 e. The Balaban J connectivity index is 2.12. The first-order chi connectivity index (χ1) is 10.8. The average Bonchev–Trinajstić information content (AvgIpc) is 2.94. The molecule has 0 aliphatic rings. The molecule has 0 saturated carbocycles. The molecule has 1 aromatic heterocycles. The van der Waals surface area contributed by atoms with E-state index in [1.54, 1.807) is 27.8 Å². The number of rotatable bonds is 4. The summed E-state index contributed by atoms with van der Waals surface area (Å²) in [4.78, 5) is 26.5. The number of likely N-dealkylation sites (N-methyl/N-ethyl adjacent to an activating group) is 1. The molecule has 0 saturated heterocycles. The van der Waals surface area contributed by atoms with Gasteiger partial charge in [0.2, 0.25) is 0 Å². The number of hydrogen-bond acceptors (Lipinski definition) is 4. The maximum Gasteiger partial charge on any atom is 0.326 e. The van der Waals surface area contributed by atoms with Crippen LogP contribution in [-0.2, 0) is 9.53 Å². The molecule has 23 heavy (non-hydrogen) atoms. The molecule has 0 aliphatic heterocycles. The molecule has 0 bridgehead atoms. The van der Waals surface area contributed by atoms with Crippen molar-refractivity contribution in [2.24, 2.45) is 0 Å². The number of hydrogen-bond donors (Lipinski definition) is 0. The third-order valence-electron chi connectivity index (χ3n) is 3.08. The topological polar surface area (TPSA) is 46.6 Å². The number of nitrogens with zero attached hydrogens (tertiary/aromatic N) is 1. The van der Waals surface area contributed by atoms with Gasteiger partial charge in [-0.25, -0.2) is 0 Å². The summed E-state index contributed by atoms with van der Waals surface area (Å²) in [5, 5.41) is 1.89. The Morgan fingerprint density at radius 2 is 1.78 bits per heavy atom. The molecule has 0 N–H and O–H groups in total. The molecule has 1 aromatic carbocycles. The first-order valence-electron chi connectivity index (χ1n) is 7.38. The van der Waals surface area contributed by atoms with Gasteiger partial charge in [0.1, 0.15) is 12.1 Å². The predicted molar refractivity (Wildman–Crippen MR) is 92.6 cm³/mol. The predicted octanol–water partition coefficient (Wildman–Crippen LogP) is 3.83. The normalized spacial score (nSPS) is 11.1. The van der Waals surface area contributed by atoms with Crippen LogP contribution in [0.5, 0.6) is 0 Å². The van der Waals surface area contributed by atoms with Crippen LogP contribution in [0.15, 0.2) is 41.8 Å². The van der Waals surface area contributed by atoms with Crippen molar-refractivity contribution < 1.29 is 14.3 Å². The van der Waals surface area contributed by atoms with E-state index in [2.05, 4.69) is 0 Å². The van der Waals surface area contributed by atoms with E-state index in [0.717, 1.165) is 11.1 Å². The quantitative estimate of drug-likeness (QED) is 0.800. The lowest BCUT2D eigenvalue weighted by Crippen LogP contribution is -2.36. The van der Waals surface area contributed by atoms with Crippen molar-refractivity contribution in [1.82, 2.24) is 4.90 Å². The Labute approximate surface area is 140 Å². The van der Waals surface area contributed by atoms with E-state index in [1.807, 2.05) is 41.8 Å². The highest BCUT2D eigenvalue weighted by Crippen LogP contribution is 2.29. The van der Waals surface area contributed by atoms with E-state index in [9.17, 15) is 9.59 Å². The number of carbonyl (C=O) groups excluding carboxylic acids is 2. The fourth-order valence-corrected chi connectivity index (χ4v) is 3.04.